The molecule has 138 valence electrons. The molecule has 4 atom stereocenters. The molecule has 10 nitrogen and oxygen atoms in total. The van der Waals surface area contributed by atoms with E-state index in [1.165, 1.54) is 18.2 Å². The quantitative estimate of drug-likeness (QED) is 0.297. The molecule has 1 fully saturated rings. The average molecular weight is 362 g/mol. The summed E-state index contributed by atoms with van der Waals surface area (Å²) in [5.41, 5.74) is 5.32. The van der Waals surface area contributed by atoms with Crippen LogP contribution in [0.1, 0.15) is 10.4 Å². The fourth-order valence-electron chi connectivity index (χ4n) is 2.99. The summed E-state index contributed by atoms with van der Waals surface area (Å²) in [6.07, 6.45) is -2.51. The molecule has 1 aliphatic rings. The van der Waals surface area contributed by atoms with Crippen molar-refractivity contribution in [3.8, 4) is 0 Å². The number of ketones is 1. The van der Waals surface area contributed by atoms with Gasteiger partial charge in [0.1, 0.15) is 11.9 Å². The van der Waals surface area contributed by atoms with E-state index in [1.807, 2.05) is 0 Å². The number of nitrogen functional groups attached to an aromatic ring is 1. The maximum atomic E-state index is 13.2. The van der Waals surface area contributed by atoms with Crippen molar-refractivity contribution < 1.29 is 24.9 Å². The normalized spacial score (nSPS) is 31.1. The molecule has 10 heteroatoms. The Morgan fingerprint density at radius 2 is 1.96 bits per heavy atom. The molecule has 0 aliphatic carbocycles. The fraction of sp³-hybridized carbons (Fsp3) is 0.312. The van der Waals surface area contributed by atoms with Crippen LogP contribution in [0.5, 0.6) is 0 Å². The molecular weight excluding hydrogens is 344 g/mol. The van der Waals surface area contributed by atoms with Crippen LogP contribution in [0.2, 0.25) is 0 Å². The van der Waals surface area contributed by atoms with Crippen LogP contribution in [0, 0.1) is 0 Å². The molecule has 0 spiro atoms. The van der Waals surface area contributed by atoms with Crippen molar-refractivity contribution >= 4 is 11.6 Å². The van der Waals surface area contributed by atoms with Crippen LogP contribution in [0.25, 0.3) is 0 Å². The number of nitrogens with zero attached hydrogens (tertiary/aromatic N) is 2. The van der Waals surface area contributed by atoms with Crippen molar-refractivity contribution in [2.75, 3.05) is 12.3 Å². The van der Waals surface area contributed by atoms with E-state index < -0.39 is 41.7 Å². The summed E-state index contributed by atoms with van der Waals surface area (Å²) >= 11 is 0. The van der Waals surface area contributed by atoms with Gasteiger partial charge in [0.15, 0.2) is 11.8 Å². The minimum atomic E-state index is -2.50. The number of hydrogen-bond donors (Lipinski definition) is 5. The van der Waals surface area contributed by atoms with Gasteiger partial charge in [0, 0.05) is 11.8 Å². The number of aliphatic hydroxyl groups excluding tert-OH is 2. The lowest BCUT2D eigenvalue weighted by Gasteiger charge is -2.33. The molecule has 7 N–H and O–H groups in total. The Bertz CT molecular complexity index is 884. The number of aliphatic hydroxyl groups is 3. The van der Waals surface area contributed by atoms with Crippen LogP contribution < -0.4 is 17.2 Å². The number of ether oxygens (including phenoxy) is 1. The summed E-state index contributed by atoms with van der Waals surface area (Å²) in [6, 6.07) is 8.92. The molecule has 1 aliphatic heterocycles. The van der Waals surface area contributed by atoms with Crippen LogP contribution >= 0.6 is 0 Å². The van der Waals surface area contributed by atoms with Crippen LogP contribution in [-0.2, 0) is 10.5 Å². The maximum Gasteiger partial charge on any atom is 0.352 e. The number of hydrogen-bond acceptors (Lipinski definition) is 9. The van der Waals surface area contributed by atoms with Gasteiger partial charge in [-0.25, -0.2) is 4.79 Å². The van der Waals surface area contributed by atoms with E-state index in [1.54, 1.807) is 18.2 Å². The summed E-state index contributed by atoms with van der Waals surface area (Å²) in [5.74, 6) is -0.957. The summed E-state index contributed by atoms with van der Waals surface area (Å²) in [5, 5.41) is 30.5. The number of benzene rings is 1. The minimum Gasteiger partial charge on any atom is -0.393 e. The zero-order valence-electron chi connectivity index (χ0n) is 13.5. The van der Waals surface area contributed by atoms with Crippen molar-refractivity contribution in [3.63, 3.8) is 0 Å². The lowest BCUT2D eigenvalue weighted by molar-refractivity contribution is -0.117. The van der Waals surface area contributed by atoms with Gasteiger partial charge in [0.25, 0.3) is 0 Å². The van der Waals surface area contributed by atoms with E-state index in [-0.39, 0.29) is 11.4 Å². The Balaban J connectivity index is 2.27. The molecule has 2 aromatic rings. The van der Waals surface area contributed by atoms with Gasteiger partial charge in [-0.2, -0.15) is 4.98 Å². The molecular formula is C16H18N4O6. The van der Waals surface area contributed by atoms with E-state index in [4.69, 9.17) is 16.2 Å². The van der Waals surface area contributed by atoms with Crippen molar-refractivity contribution in [3.05, 3.63) is 58.6 Å². The SMILES string of the molecule is Nc1ccn([C@]2(C(=O)c3ccccc3)O[C@H](CO)[C@@](N)(O)[C@H]2O)c(=O)n1. The Morgan fingerprint density at radius 1 is 1.31 bits per heavy atom. The molecule has 2 heterocycles. The molecule has 0 amide bonds. The summed E-state index contributed by atoms with van der Waals surface area (Å²) in [6.45, 7) is -0.801. The third kappa shape index (κ3) is 2.52. The van der Waals surface area contributed by atoms with Gasteiger partial charge >= 0.3 is 5.69 Å². The van der Waals surface area contributed by atoms with E-state index >= 15 is 0 Å². The number of anilines is 1. The number of nitrogens with two attached hydrogens (primary N) is 2. The van der Waals surface area contributed by atoms with E-state index in [2.05, 4.69) is 4.98 Å². The molecule has 0 unspecified atom stereocenters. The first-order valence-corrected chi connectivity index (χ1v) is 7.68. The second-order valence-electron chi connectivity index (χ2n) is 5.98. The van der Waals surface area contributed by atoms with Gasteiger partial charge in [-0.05, 0) is 6.07 Å². The van der Waals surface area contributed by atoms with Gasteiger partial charge < -0.3 is 25.8 Å². The zero-order valence-corrected chi connectivity index (χ0v) is 13.5. The molecule has 0 saturated carbocycles. The van der Waals surface area contributed by atoms with E-state index in [0.29, 0.717) is 4.57 Å². The predicted octanol–water partition coefficient (Wildman–Crippen LogP) is -2.24. The number of Topliss-reactive ketones (excluding diaryl/α,β-unsaturated/α-hetero) is 1. The van der Waals surface area contributed by atoms with Crippen LogP contribution in [-0.4, -0.2) is 55.2 Å². The van der Waals surface area contributed by atoms with Crippen LogP contribution in [0.4, 0.5) is 5.82 Å². The first-order valence-electron chi connectivity index (χ1n) is 7.68. The average Bonchev–Trinajstić information content (AvgIpc) is 2.83. The number of rotatable bonds is 4. The Morgan fingerprint density at radius 3 is 2.50 bits per heavy atom. The van der Waals surface area contributed by atoms with Crippen molar-refractivity contribution in [1.29, 1.82) is 0 Å². The smallest absolute Gasteiger partial charge is 0.352 e. The molecule has 3 rings (SSSR count). The molecule has 0 bridgehead atoms. The highest BCUT2D eigenvalue weighted by Crippen LogP contribution is 2.41. The van der Waals surface area contributed by atoms with Gasteiger partial charge in [-0.1, -0.05) is 30.3 Å². The van der Waals surface area contributed by atoms with Crippen molar-refractivity contribution in [2.24, 2.45) is 5.73 Å². The third-order valence-electron chi connectivity index (χ3n) is 4.36. The molecule has 1 saturated heterocycles. The fourth-order valence-corrected chi connectivity index (χ4v) is 2.99. The van der Waals surface area contributed by atoms with Gasteiger partial charge in [0.05, 0.1) is 6.61 Å². The number of carbonyl (C=O) groups is 1. The standard InChI is InChI=1S/C16H18N4O6/c17-11-6-7-20(14(24)19-11)16(12(22)9-4-2-1-3-5-9)13(23)15(18,25)10(8-21)26-16/h1-7,10,13,21,23,25H,8,18H2,(H2,17,19,24)/t10-,13-,15-,16-/m1/s1. The Labute approximate surface area is 147 Å². The van der Waals surface area contributed by atoms with Gasteiger partial charge in [0.2, 0.25) is 11.5 Å². The Hall–Kier alpha value is -2.63. The second-order valence-corrected chi connectivity index (χ2v) is 5.98. The number of aromatic nitrogens is 2. The Kier molecular flexibility index (Phi) is 4.38. The van der Waals surface area contributed by atoms with Crippen LogP contribution in [0.15, 0.2) is 47.4 Å². The van der Waals surface area contributed by atoms with Crippen molar-refractivity contribution in [1.82, 2.24) is 9.55 Å². The first-order chi connectivity index (χ1) is 12.2. The van der Waals surface area contributed by atoms with E-state index in [9.17, 15) is 24.9 Å². The van der Waals surface area contributed by atoms with E-state index in [0.717, 1.165) is 6.20 Å². The number of carbonyl (C=O) groups excluding carboxylic acids is 1. The van der Waals surface area contributed by atoms with Gasteiger partial charge in [-0.15, -0.1) is 0 Å². The largest absolute Gasteiger partial charge is 0.393 e. The summed E-state index contributed by atoms with van der Waals surface area (Å²) in [7, 11) is 0. The maximum absolute atomic E-state index is 13.2. The lowest BCUT2D eigenvalue weighted by Crippen LogP contribution is -2.62. The topological polar surface area (TPSA) is 174 Å². The predicted molar refractivity (Wildman–Crippen MR) is 88.8 cm³/mol. The summed E-state index contributed by atoms with van der Waals surface area (Å²) in [4.78, 5) is 29.1. The third-order valence-corrected chi connectivity index (χ3v) is 4.36. The monoisotopic (exact) mass is 362 g/mol. The minimum absolute atomic E-state index is 0.0877. The molecule has 26 heavy (non-hydrogen) atoms. The van der Waals surface area contributed by atoms with Crippen molar-refractivity contribution in [2.45, 2.75) is 23.7 Å². The highest BCUT2D eigenvalue weighted by Gasteiger charge is 2.66. The van der Waals surface area contributed by atoms with Gasteiger partial charge in [-0.3, -0.25) is 15.1 Å². The highest BCUT2D eigenvalue weighted by atomic mass is 16.6. The highest BCUT2D eigenvalue weighted by molar-refractivity contribution is 6.01. The van der Waals surface area contributed by atoms with Crippen LogP contribution in [0.3, 0.4) is 0 Å². The molecule has 1 aromatic carbocycles. The molecule has 1 aromatic heterocycles. The molecule has 0 radical (unpaired) electrons. The summed E-state index contributed by atoms with van der Waals surface area (Å²) < 4.78 is 6.21. The first kappa shape index (κ1) is 18.2. The zero-order chi connectivity index (χ0) is 19.1. The lowest BCUT2D eigenvalue weighted by atomic mass is 9.90. The second kappa shape index (κ2) is 6.27.